The predicted octanol–water partition coefficient (Wildman–Crippen LogP) is 3.70. The standard InChI is InChI=1S/C19H13BrF2N2O3/c20-12-7-6-10(17-11(12)3-2-8-23-17)9-15(19(26)27)24-18(25)16-13(21)4-1-5-14(16)22/h1-8,15H,9H2,(H,24,25)(H,26,27)/t15-/m0/s1. The first kappa shape index (κ1) is 18.9. The van der Waals surface area contributed by atoms with Gasteiger partial charge < -0.3 is 10.4 Å². The number of carboxylic acid groups (broad SMARTS) is 1. The third-order valence-electron chi connectivity index (χ3n) is 4.02. The first-order valence-corrected chi connectivity index (χ1v) is 8.67. The van der Waals surface area contributed by atoms with Gasteiger partial charge in [0.2, 0.25) is 0 Å². The number of halogens is 3. The summed E-state index contributed by atoms with van der Waals surface area (Å²) in [7, 11) is 0. The molecule has 0 aliphatic heterocycles. The van der Waals surface area contributed by atoms with E-state index >= 15 is 0 Å². The molecular formula is C19H13BrF2N2O3. The summed E-state index contributed by atoms with van der Waals surface area (Å²) in [5, 5.41) is 12.4. The summed E-state index contributed by atoms with van der Waals surface area (Å²) in [6.07, 6.45) is 1.47. The smallest absolute Gasteiger partial charge is 0.326 e. The number of pyridine rings is 1. The fourth-order valence-electron chi connectivity index (χ4n) is 2.73. The van der Waals surface area contributed by atoms with Gasteiger partial charge in [-0.3, -0.25) is 9.78 Å². The first-order valence-electron chi connectivity index (χ1n) is 7.88. The number of carbonyl (C=O) groups excluding carboxylic acids is 1. The Morgan fingerprint density at radius 2 is 1.81 bits per heavy atom. The predicted molar refractivity (Wildman–Crippen MR) is 98.4 cm³/mol. The van der Waals surface area contributed by atoms with Gasteiger partial charge in [0.25, 0.3) is 5.91 Å². The number of benzene rings is 2. The number of fused-ring (bicyclic) bond motifs is 1. The van der Waals surface area contributed by atoms with Gasteiger partial charge in [0.15, 0.2) is 0 Å². The Labute approximate surface area is 161 Å². The fraction of sp³-hybridized carbons (Fsp3) is 0.105. The minimum Gasteiger partial charge on any atom is -0.480 e. The monoisotopic (exact) mass is 434 g/mol. The molecule has 0 bridgehead atoms. The topological polar surface area (TPSA) is 79.3 Å². The van der Waals surface area contributed by atoms with Crippen LogP contribution in [0.1, 0.15) is 15.9 Å². The van der Waals surface area contributed by atoms with Crippen LogP contribution in [0.15, 0.2) is 53.1 Å². The van der Waals surface area contributed by atoms with Crippen molar-refractivity contribution in [1.82, 2.24) is 10.3 Å². The lowest BCUT2D eigenvalue weighted by atomic mass is 10.0. The number of hydrogen-bond donors (Lipinski definition) is 2. The van der Waals surface area contributed by atoms with Crippen molar-refractivity contribution >= 4 is 38.7 Å². The first-order chi connectivity index (χ1) is 12.9. The SMILES string of the molecule is O=C(N[C@@H](Cc1ccc(Br)c2cccnc12)C(=O)O)c1c(F)cccc1F. The van der Waals surface area contributed by atoms with Gasteiger partial charge in [-0.1, -0.05) is 34.1 Å². The maximum atomic E-state index is 13.8. The van der Waals surface area contributed by atoms with E-state index in [-0.39, 0.29) is 6.42 Å². The Bertz CT molecular complexity index is 1020. The van der Waals surface area contributed by atoms with Gasteiger partial charge in [0, 0.05) is 22.5 Å². The maximum Gasteiger partial charge on any atom is 0.326 e. The molecule has 27 heavy (non-hydrogen) atoms. The van der Waals surface area contributed by atoms with Crippen molar-refractivity contribution in [2.45, 2.75) is 12.5 Å². The Hall–Kier alpha value is -2.87. The van der Waals surface area contributed by atoms with E-state index in [0.717, 1.165) is 28.1 Å². The Morgan fingerprint density at radius 1 is 1.11 bits per heavy atom. The second kappa shape index (κ2) is 7.79. The van der Waals surface area contributed by atoms with Gasteiger partial charge in [-0.2, -0.15) is 0 Å². The summed E-state index contributed by atoms with van der Waals surface area (Å²) in [4.78, 5) is 28.1. The lowest BCUT2D eigenvalue weighted by Crippen LogP contribution is -2.43. The van der Waals surface area contributed by atoms with Crippen LogP contribution in [0, 0.1) is 11.6 Å². The van der Waals surface area contributed by atoms with E-state index in [9.17, 15) is 23.5 Å². The summed E-state index contributed by atoms with van der Waals surface area (Å²) < 4.78 is 28.3. The second-order valence-electron chi connectivity index (χ2n) is 5.77. The van der Waals surface area contributed by atoms with Gasteiger partial charge in [-0.05, 0) is 29.8 Å². The summed E-state index contributed by atoms with van der Waals surface area (Å²) >= 11 is 3.40. The van der Waals surface area contributed by atoms with Crippen LogP contribution in [0.5, 0.6) is 0 Å². The van der Waals surface area contributed by atoms with Crippen molar-refractivity contribution in [1.29, 1.82) is 0 Å². The maximum absolute atomic E-state index is 13.8. The van der Waals surface area contributed by atoms with Crippen molar-refractivity contribution < 1.29 is 23.5 Å². The van der Waals surface area contributed by atoms with E-state index in [2.05, 4.69) is 26.2 Å². The van der Waals surface area contributed by atoms with Crippen LogP contribution in [0.4, 0.5) is 8.78 Å². The van der Waals surface area contributed by atoms with Crippen LogP contribution < -0.4 is 5.32 Å². The zero-order valence-electron chi connectivity index (χ0n) is 13.7. The molecule has 0 fully saturated rings. The molecule has 8 heteroatoms. The summed E-state index contributed by atoms with van der Waals surface area (Å²) in [5.74, 6) is -4.58. The van der Waals surface area contributed by atoms with Crippen LogP contribution >= 0.6 is 15.9 Å². The number of nitrogens with one attached hydrogen (secondary N) is 1. The number of hydrogen-bond acceptors (Lipinski definition) is 3. The van der Waals surface area contributed by atoms with E-state index in [0.29, 0.717) is 11.1 Å². The van der Waals surface area contributed by atoms with Crippen LogP contribution in [-0.4, -0.2) is 28.0 Å². The molecule has 0 aliphatic carbocycles. The van der Waals surface area contributed by atoms with Crippen LogP contribution in [0.25, 0.3) is 10.9 Å². The number of carboxylic acids is 1. The van der Waals surface area contributed by atoms with Crippen LogP contribution in [0.2, 0.25) is 0 Å². The number of aliphatic carboxylic acids is 1. The van der Waals surface area contributed by atoms with Gasteiger partial charge in [-0.15, -0.1) is 0 Å². The minimum absolute atomic E-state index is 0.0993. The molecule has 2 N–H and O–H groups in total. The van der Waals surface area contributed by atoms with E-state index < -0.39 is 35.1 Å². The van der Waals surface area contributed by atoms with Crippen LogP contribution in [0.3, 0.4) is 0 Å². The Morgan fingerprint density at radius 3 is 2.48 bits per heavy atom. The molecule has 1 atom stereocenters. The highest BCUT2D eigenvalue weighted by molar-refractivity contribution is 9.10. The molecule has 138 valence electrons. The number of carbonyl (C=O) groups is 2. The number of nitrogens with zero attached hydrogens (tertiary/aromatic N) is 1. The highest BCUT2D eigenvalue weighted by Crippen LogP contribution is 2.26. The van der Waals surface area contributed by atoms with Crippen molar-refractivity contribution in [2.75, 3.05) is 0 Å². The molecule has 5 nitrogen and oxygen atoms in total. The molecule has 0 saturated heterocycles. The number of rotatable bonds is 5. The lowest BCUT2D eigenvalue weighted by molar-refractivity contribution is -0.139. The van der Waals surface area contributed by atoms with Crippen molar-refractivity contribution in [3.63, 3.8) is 0 Å². The minimum atomic E-state index is -1.39. The van der Waals surface area contributed by atoms with Gasteiger partial charge in [0.05, 0.1) is 5.52 Å². The average molecular weight is 435 g/mol. The zero-order valence-corrected chi connectivity index (χ0v) is 15.3. The highest BCUT2D eigenvalue weighted by atomic mass is 79.9. The molecule has 3 rings (SSSR count). The van der Waals surface area contributed by atoms with E-state index in [1.807, 2.05) is 6.07 Å². The molecule has 1 heterocycles. The summed E-state index contributed by atoms with van der Waals surface area (Å²) in [5.41, 5.74) is 0.336. The van der Waals surface area contributed by atoms with Gasteiger partial charge in [0.1, 0.15) is 23.2 Å². The fourth-order valence-corrected chi connectivity index (χ4v) is 3.18. The van der Waals surface area contributed by atoms with Gasteiger partial charge in [-0.25, -0.2) is 13.6 Å². The largest absolute Gasteiger partial charge is 0.480 e. The van der Waals surface area contributed by atoms with E-state index in [1.54, 1.807) is 24.4 Å². The molecular weight excluding hydrogens is 422 g/mol. The average Bonchev–Trinajstić information content (AvgIpc) is 2.63. The zero-order chi connectivity index (χ0) is 19.6. The lowest BCUT2D eigenvalue weighted by Gasteiger charge is -2.16. The normalized spacial score (nSPS) is 12.0. The van der Waals surface area contributed by atoms with Crippen LogP contribution in [-0.2, 0) is 11.2 Å². The molecule has 0 saturated carbocycles. The number of aromatic nitrogens is 1. The van der Waals surface area contributed by atoms with E-state index in [1.165, 1.54) is 0 Å². The highest BCUT2D eigenvalue weighted by Gasteiger charge is 2.25. The van der Waals surface area contributed by atoms with E-state index in [4.69, 9.17) is 0 Å². The van der Waals surface area contributed by atoms with Crippen molar-refractivity contribution in [2.24, 2.45) is 0 Å². The van der Waals surface area contributed by atoms with Gasteiger partial charge >= 0.3 is 5.97 Å². The van der Waals surface area contributed by atoms with Crippen molar-refractivity contribution in [3.05, 3.63) is 75.9 Å². The second-order valence-corrected chi connectivity index (χ2v) is 6.63. The molecule has 1 amide bonds. The molecule has 3 aromatic rings. The third kappa shape index (κ3) is 3.95. The Balaban J connectivity index is 1.91. The number of amides is 1. The Kier molecular flexibility index (Phi) is 5.46. The molecule has 0 spiro atoms. The quantitative estimate of drug-likeness (QED) is 0.641. The molecule has 0 aliphatic rings. The molecule has 2 aromatic carbocycles. The molecule has 1 aromatic heterocycles. The molecule has 0 unspecified atom stereocenters. The van der Waals surface area contributed by atoms with Crippen molar-refractivity contribution in [3.8, 4) is 0 Å². The molecule has 0 radical (unpaired) electrons. The third-order valence-corrected chi connectivity index (χ3v) is 4.71. The summed E-state index contributed by atoms with van der Waals surface area (Å²) in [6, 6.07) is 8.59. The summed E-state index contributed by atoms with van der Waals surface area (Å²) in [6.45, 7) is 0.